The van der Waals surface area contributed by atoms with Gasteiger partial charge in [-0.3, -0.25) is 4.79 Å². The van der Waals surface area contributed by atoms with Crippen LogP contribution in [0, 0.1) is 6.92 Å². The summed E-state index contributed by atoms with van der Waals surface area (Å²) in [7, 11) is -3.63. The van der Waals surface area contributed by atoms with Gasteiger partial charge in [0.15, 0.2) is 0 Å². The molecule has 0 bridgehead atoms. The first-order valence-corrected chi connectivity index (χ1v) is 10.3. The van der Waals surface area contributed by atoms with Crippen LogP contribution in [-0.2, 0) is 14.8 Å². The molecular formula is C18H25N3O4S. The Balaban J connectivity index is 1.76. The van der Waals surface area contributed by atoms with Gasteiger partial charge < -0.3 is 15.4 Å². The summed E-state index contributed by atoms with van der Waals surface area (Å²) in [5, 5.41) is 6.11. The van der Waals surface area contributed by atoms with E-state index in [1.54, 1.807) is 19.1 Å². The van der Waals surface area contributed by atoms with Crippen LogP contribution in [0.3, 0.4) is 0 Å². The largest absolute Gasteiger partial charge is 0.379 e. The van der Waals surface area contributed by atoms with Crippen molar-refractivity contribution in [3.63, 3.8) is 0 Å². The average molecular weight is 379 g/mol. The molecule has 1 amide bonds. The number of ether oxygens (including phenoxy) is 1. The molecule has 0 aliphatic carbocycles. The van der Waals surface area contributed by atoms with Crippen LogP contribution in [0.1, 0.15) is 22.3 Å². The van der Waals surface area contributed by atoms with E-state index < -0.39 is 10.0 Å². The van der Waals surface area contributed by atoms with Gasteiger partial charge in [-0.2, -0.15) is 4.31 Å². The molecule has 1 saturated heterocycles. The van der Waals surface area contributed by atoms with Crippen LogP contribution in [-0.4, -0.2) is 64.6 Å². The highest BCUT2D eigenvalue weighted by Crippen LogP contribution is 2.22. The molecule has 2 aliphatic rings. The average Bonchev–Trinajstić information content (AvgIpc) is 2.68. The van der Waals surface area contributed by atoms with Crippen molar-refractivity contribution in [2.24, 2.45) is 0 Å². The molecule has 2 N–H and O–H groups in total. The predicted molar refractivity (Wildman–Crippen MR) is 98.7 cm³/mol. The van der Waals surface area contributed by atoms with Gasteiger partial charge in [0, 0.05) is 31.7 Å². The monoisotopic (exact) mass is 379 g/mol. The van der Waals surface area contributed by atoms with Crippen molar-refractivity contribution in [2.75, 3.05) is 45.9 Å². The van der Waals surface area contributed by atoms with Crippen molar-refractivity contribution in [2.45, 2.75) is 18.2 Å². The number of rotatable bonds is 5. The van der Waals surface area contributed by atoms with Crippen LogP contribution in [0.4, 0.5) is 0 Å². The summed E-state index contributed by atoms with van der Waals surface area (Å²) in [6, 6.07) is 4.83. The van der Waals surface area contributed by atoms with Gasteiger partial charge in [-0.25, -0.2) is 8.42 Å². The van der Waals surface area contributed by atoms with Gasteiger partial charge in [-0.15, -0.1) is 0 Å². The number of amides is 1. The Bertz CT molecular complexity index is 799. The third-order valence-electron chi connectivity index (χ3n) is 4.67. The van der Waals surface area contributed by atoms with Crippen molar-refractivity contribution in [3.8, 4) is 0 Å². The number of hydrogen-bond acceptors (Lipinski definition) is 5. The Morgan fingerprint density at radius 2 is 2.08 bits per heavy atom. The maximum atomic E-state index is 12.9. The molecule has 1 fully saturated rings. The lowest BCUT2D eigenvalue weighted by atomic mass is 10.1. The number of sulfonamides is 1. The van der Waals surface area contributed by atoms with Gasteiger partial charge in [-0.05, 0) is 37.6 Å². The second-order valence-corrected chi connectivity index (χ2v) is 8.40. The fourth-order valence-corrected chi connectivity index (χ4v) is 4.73. The number of hydrogen-bond donors (Lipinski definition) is 2. The Labute approximate surface area is 154 Å². The van der Waals surface area contributed by atoms with Gasteiger partial charge in [0.2, 0.25) is 10.0 Å². The number of benzene rings is 1. The summed E-state index contributed by atoms with van der Waals surface area (Å²) in [6.45, 7) is 5.41. The van der Waals surface area contributed by atoms with Crippen molar-refractivity contribution in [1.82, 2.24) is 14.9 Å². The molecule has 26 heavy (non-hydrogen) atoms. The first kappa shape index (κ1) is 19.0. The lowest BCUT2D eigenvalue weighted by Crippen LogP contribution is -2.41. The molecule has 2 aliphatic heterocycles. The molecule has 7 nitrogen and oxygen atoms in total. The molecule has 0 aromatic heterocycles. The Morgan fingerprint density at radius 1 is 1.31 bits per heavy atom. The van der Waals surface area contributed by atoms with Crippen LogP contribution in [0.25, 0.3) is 0 Å². The molecular weight excluding hydrogens is 354 g/mol. The molecule has 2 heterocycles. The van der Waals surface area contributed by atoms with Crippen LogP contribution < -0.4 is 10.6 Å². The Kier molecular flexibility index (Phi) is 6.08. The van der Waals surface area contributed by atoms with E-state index in [2.05, 4.69) is 16.7 Å². The van der Waals surface area contributed by atoms with Crippen molar-refractivity contribution < 1.29 is 17.9 Å². The molecule has 3 rings (SSSR count). The maximum Gasteiger partial charge on any atom is 0.251 e. The number of carbonyl (C=O) groups excluding carboxylic acids is 1. The molecule has 1 aromatic carbocycles. The second kappa shape index (κ2) is 8.30. The third kappa shape index (κ3) is 4.32. The van der Waals surface area contributed by atoms with Crippen LogP contribution in [0.15, 0.2) is 34.7 Å². The lowest BCUT2D eigenvalue weighted by Gasteiger charge is -2.26. The zero-order valence-electron chi connectivity index (χ0n) is 15.0. The SMILES string of the molecule is Cc1ccc(C(=O)NCC2=CCNCC2)cc1S(=O)(=O)N1CCOCC1. The standard InChI is InChI=1S/C18H25N3O4S/c1-14-2-3-16(18(22)20-13-15-4-6-19-7-5-15)12-17(14)26(23,24)21-8-10-25-11-9-21/h2-4,12,19H,5-11,13H2,1H3,(H,20,22). The highest BCUT2D eigenvalue weighted by Gasteiger charge is 2.28. The Hall–Kier alpha value is -1.74. The first-order chi connectivity index (χ1) is 12.5. The van der Waals surface area contributed by atoms with E-state index in [1.165, 1.54) is 15.9 Å². The normalized spacial score (nSPS) is 19.0. The van der Waals surface area contributed by atoms with Gasteiger partial charge in [0.05, 0.1) is 18.1 Å². The van der Waals surface area contributed by atoms with E-state index in [-0.39, 0.29) is 10.8 Å². The van der Waals surface area contributed by atoms with Crippen molar-refractivity contribution in [3.05, 3.63) is 41.0 Å². The lowest BCUT2D eigenvalue weighted by molar-refractivity contribution is 0.0730. The number of carbonyl (C=O) groups is 1. The minimum atomic E-state index is -3.63. The van der Waals surface area contributed by atoms with Crippen LogP contribution in [0.5, 0.6) is 0 Å². The van der Waals surface area contributed by atoms with Gasteiger partial charge in [0.25, 0.3) is 5.91 Å². The molecule has 0 spiro atoms. The summed E-state index contributed by atoms with van der Waals surface area (Å²) >= 11 is 0. The highest BCUT2D eigenvalue weighted by molar-refractivity contribution is 7.89. The summed E-state index contributed by atoms with van der Waals surface area (Å²) in [6.07, 6.45) is 2.98. The van der Waals surface area contributed by atoms with Crippen molar-refractivity contribution >= 4 is 15.9 Å². The minimum absolute atomic E-state index is 0.188. The Morgan fingerprint density at radius 3 is 2.77 bits per heavy atom. The summed E-state index contributed by atoms with van der Waals surface area (Å²) in [5.74, 6) is -0.261. The third-order valence-corrected chi connectivity index (χ3v) is 6.71. The minimum Gasteiger partial charge on any atom is -0.379 e. The summed E-state index contributed by atoms with van der Waals surface area (Å²) in [5.41, 5.74) is 2.18. The van der Waals surface area contributed by atoms with Crippen LogP contribution in [0.2, 0.25) is 0 Å². The van der Waals surface area contributed by atoms with Gasteiger partial charge in [-0.1, -0.05) is 17.7 Å². The number of morpholine rings is 1. The molecule has 8 heteroatoms. The number of nitrogens with zero attached hydrogens (tertiary/aromatic N) is 1. The summed E-state index contributed by atoms with van der Waals surface area (Å²) < 4.78 is 32.5. The molecule has 0 unspecified atom stereocenters. The topological polar surface area (TPSA) is 87.7 Å². The molecule has 0 atom stereocenters. The second-order valence-electron chi connectivity index (χ2n) is 6.50. The number of aryl methyl sites for hydroxylation is 1. The van der Waals surface area contributed by atoms with E-state index >= 15 is 0 Å². The van der Waals surface area contributed by atoms with E-state index in [0.29, 0.717) is 44.0 Å². The van der Waals surface area contributed by atoms with E-state index in [1.807, 2.05) is 0 Å². The zero-order valence-corrected chi connectivity index (χ0v) is 15.8. The zero-order chi connectivity index (χ0) is 18.6. The smallest absolute Gasteiger partial charge is 0.251 e. The predicted octanol–water partition coefficient (Wildman–Crippen LogP) is 0.665. The maximum absolute atomic E-state index is 12.9. The van der Waals surface area contributed by atoms with Gasteiger partial charge in [0.1, 0.15) is 0 Å². The highest BCUT2D eigenvalue weighted by atomic mass is 32.2. The van der Waals surface area contributed by atoms with Crippen LogP contribution >= 0.6 is 0 Å². The summed E-state index contributed by atoms with van der Waals surface area (Å²) in [4.78, 5) is 12.7. The molecule has 142 valence electrons. The fourth-order valence-electron chi connectivity index (χ4n) is 3.07. The van der Waals surface area contributed by atoms with E-state index in [0.717, 1.165) is 19.5 Å². The quantitative estimate of drug-likeness (QED) is 0.734. The molecule has 1 aromatic rings. The fraction of sp³-hybridized carbons (Fsp3) is 0.500. The van der Waals surface area contributed by atoms with Crippen molar-refractivity contribution in [1.29, 1.82) is 0 Å². The molecule has 0 saturated carbocycles. The molecule has 0 radical (unpaired) electrons. The van der Waals surface area contributed by atoms with Gasteiger partial charge >= 0.3 is 0 Å². The van der Waals surface area contributed by atoms with E-state index in [9.17, 15) is 13.2 Å². The first-order valence-electron chi connectivity index (χ1n) is 8.84. The van der Waals surface area contributed by atoms with E-state index in [4.69, 9.17) is 4.74 Å². The number of nitrogens with one attached hydrogen (secondary N) is 2.